The molecule has 0 spiro atoms. The van der Waals surface area contributed by atoms with Crippen LogP contribution in [0.4, 0.5) is 8.78 Å². The fourth-order valence-corrected chi connectivity index (χ4v) is 5.12. The largest absolute Gasteiger partial charge is 0.488 e. The Morgan fingerprint density at radius 2 is 1.61 bits per heavy atom. The van der Waals surface area contributed by atoms with Crippen molar-refractivity contribution in [2.24, 2.45) is 7.05 Å². The number of morpholine rings is 1. The number of pyridine rings is 1. The van der Waals surface area contributed by atoms with Gasteiger partial charge in [-0.3, -0.25) is 14.2 Å². The summed E-state index contributed by atoms with van der Waals surface area (Å²) in [6.07, 6.45) is 2.00. The summed E-state index contributed by atoms with van der Waals surface area (Å²) in [6.45, 7) is 4.50. The van der Waals surface area contributed by atoms with Crippen LogP contribution in [0.5, 0.6) is 17.2 Å². The number of nitrogens with one attached hydrogen (secondary N) is 1. The molecule has 1 aliphatic heterocycles. The van der Waals surface area contributed by atoms with Crippen LogP contribution in [0.1, 0.15) is 16.7 Å². The number of aryl methyl sites for hydroxylation is 1. The number of nitrogens with zero attached hydrogens (tertiary/aromatic N) is 2. The summed E-state index contributed by atoms with van der Waals surface area (Å²) in [5, 5.41) is 0. The third kappa shape index (κ3) is 8.36. The summed E-state index contributed by atoms with van der Waals surface area (Å²) in [5.74, 6) is -1.25. The average molecular weight is 626 g/mol. The summed E-state index contributed by atoms with van der Waals surface area (Å²) in [6, 6.07) is 17.6. The normalized spacial score (nSPS) is 14.4. The summed E-state index contributed by atoms with van der Waals surface area (Å²) in [4.78, 5) is 15.0. The molecule has 1 atom stereocenters. The highest BCUT2D eigenvalue weighted by Gasteiger charge is 2.18. The second-order valence-corrected chi connectivity index (χ2v) is 11.2. The Kier molecular flexibility index (Phi) is 10.5. The van der Waals surface area contributed by atoms with E-state index < -0.39 is 22.9 Å². The second kappa shape index (κ2) is 14.7. The molecule has 0 radical (unpaired) electrons. The fraction of sp³-hybridized carbons (Fsp3) is 0.281. The van der Waals surface area contributed by atoms with Crippen LogP contribution in [0.2, 0.25) is 0 Å². The predicted molar refractivity (Wildman–Crippen MR) is 163 cm³/mol. The number of hydrogen-bond acceptors (Lipinski definition) is 6. The van der Waals surface area contributed by atoms with Gasteiger partial charge in [-0.25, -0.2) is 17.7 Å². The van der Waals surface area contributed by atoms with E-state index in [0.717, 1.165) is 56.1 Å². The monoisotopic (exact) mass is 625 g/mol. The maximum atomic E-state index is 14.6. The molecule has 0 saturated carbocycles. The van der Waals surface area contributed by atoms with Crippen molar-refractivity contribution in [3.05, 3.63) is 112 Å². The van der Waals surface area contributed by atoms with Crippen molar-refractivity contribution in [3.63, 3.8) is 0 Å². The molecule has 232 valence electrons. The summed E-state index contributed by atoms with van der Waals surface area (Å²) in [5.41, 5.74) is 3.57. The van der Waals surface area contributed by atoms with Crippen LogP contribution < -0.4 is 19.8 Å². The minimum absolute atomic E-state index is 0.179. The number of halogens is 2. The van der Waals surface area contributed by atoms with E-state index in [9.17, 15) is 17.8 Å². The van der Waals surface area contributed by atoms with E-state index in [4.69, 9.17) is 18.8 Å². The van der Waals surface area contributed by atoms with Gasteiger partial charge in [0.25, 0.3) is 5.56 Å². The molecule has 1 saturated heterocycles. The van der Waals surface area contributed by atoms with E-state index in [2.05, 4.69) is 21.8 Å². The highest BCUT2D eigenvalue weighted by Crippen LogP contribution is 2.39. The average Bonchev–Trinajstić information content (AvgIpc) is 3.00. The fourth-order valence-electron chi connectivity index (χ4n) is 4.84. The number of hydrogen-bond donors (Lipinski definition) is 2. The number of rotatable bonds is 12. The van der Waals surface area contributed by atoms with E-state index in [0.29, 0.717) is 23.3 Å². The van der Waals surface area contributed by atoms with Crippen LogP contribution in [-0.2, 0) is 42.6 Å². The molecule has 5 rings (SSSR count). The lowest BCUT2D eigenvalue weighted by molar-refractivity contribution is 0.0342. The van der Waals surface area contributed by atoms with Gasteiger partial charge in [0.2, 0.25) is 11.3 Å². The van der Waals surface area contributed by atoms with Gasteiger partial charge in [-0.2, -0.15) is 0 Å². The van der Waals surface area contributed by atoms with Gasteiger partial charge in [0.1, 0.15) is 23.9 Å². The van der Waals surface area contributed by atoms with Crippen molar-refractivity contribution in [1.29, 1.82) is 0 Å². The minimum Gasteiger partial charge on any atom is -0.488 e. The molecule has 0 aliphatic carbocycles. The van der Waals surface area contributed by atoms with Gasteiger partial charge in [0.15, 0.2) is 11.6 Å². The van der Waals surface area contributed by atoms with Gasteiger partial charge >= 0.3 is 0 Å². The van der Waals surface area contributed by atoms with Crippen LogP contribution in [0.25, 0.3) is 11.1 Å². The maximum absolute atomic E-state index is 14.6. The van der Waals surface area contributed by atoms with Crippen molar-refractivity contribution in [1.82, 2.24) is 14.2 Å². The smallest absolute Gasteiger partial charge is 0.254 e. The molecule has 1 unspecified atom stereocenters. The zero-order chi connectivity index (χ0) is 31.1. The lowest BCUT2D eigenvalue weighted by Gasteiger charge is -2.26. The maximum Gasteiger partial charge on any atom is 0.254 e. The van der Waals surface area contributed by atoms with Gasteiger partial charge in [0, 0.05) is 62.7 Å². The predicted octanol–water partition coefficient (Wildman–Crippen LogP) is 4.80. The Morgan fingerprint density at radius 3 is 2.34 bits per heavy atom. The van der Waals surface area contributed by atoms with Gasteiger partial charge in [0.05, 0.1) is 13.2 Å². The lowest BCUT2D eigenvalue weighted by Crippen LogP contribution is -2.35. The number of aromatic nitrogens is 1. The van der Waals surface area contributed by atoms with Crippen molar-refractivity contribution < 1.29 is 31.8 Å². The SMILES string of the molecule is Cn1cc(-c2cc(CCNS(=O)O)ccc2Oc2ccc(F)cc2F)c(OCc2ccc(CN3CCOCC3)cc2)cc1=O. The highest BCUT2D eigenvalue weighted by molar-refractivity contribution is 7.77. The van der Waals surface area contributed by atoms with E-state index >= 15 is 0 Å². The number of benzene rings is 3. The lowest BCUT2D eigenvalue weighted by atomic mass is 10.0. The quantitative estimate of drug-likeness (QED) is 0.218. The van der Waals surface area contributed by atoms with E-state index in [1.54, 1.807) is 31.4 Å². The molecule has 3 aromatic carbocycles. The molecule has 2 N–H and O–H groups in total. The topological polar surface area (TPSA) is 102 Å². The van der Waals surface area contributed by atoms with E-state index in [1.165, 1.54) is 22.3 Å². The zero-order valence-corrected chi connectivity index (χ0v) is 24.9. The first-order chi connectivity index (χ1) is 21.2. The Bertz CT molecular complexity index is 1680. The molecule has 0 amide bonds. The minimum atomic E-state index is -2.16. The third-order valence-corrected chi connectivity index (χ3v) is 7.66. The molecule has 1 aromatic heterocycles. The summed E-state index contributed by atoms with van der Waals surface area (Å²) < 4.78 is 69.6. The molecular formula is C32H33F2N3O6S. The van der Waals surface area contributed by atoms with Crippen molar-refractivity contribution in [3.8, 4) is 28.4 Å². The van der Waals surface area contributed by atoms with Crippen molar-refractivity contribution in [2.45, 2.75) is 19.6 Å². The Balaban J connectivity index is 1.43. The van der Waals surface area contributed by atoms with Crippen LogP contribution in [0, 0.1) is 11.6 Å². The van der Waals surface area contributed by atoms with Crippen LogP contribution in [-0.4, -0.2) is 51.1 Å². The second-order valence-electron chi connectivity index (χ2n) is 10.4. The first kappa shape index (κ1) is 31.5. The molecule has 1 fully saturated rings. The molecular weight excluding hydrogens is 592 g/mol. The summed E-state index contributed by atoms with van der Waals surface area (Å²) in [7, 11) is 1.60. The zero-order valence-electron chi connectivity index (χ0n) is 24.1. The summed E-state index contributed by atoms with van der Waals surface area (Å²) >= 11 is -2.16. The Morgan fingerprint density at radius 1 is 0.909 bits per heavy atom. The van der Waals surface area contributed by atoms with Crippen molar-refractivity contribution >= 4 is 11.3 Å². The van der Waals surface area contributed by atoms with E-state index in [1.807, 2.05) is 12.1 Å². The Hall–Kier alpha value is -3.94. The molecule has 1 aliphatic rings. The van der Waals surface area contributed by atoms with Gasteiger partial charge in [-0.15, -0.1) is 0 Å². The van der Waals surface area contributed by atoms with Gasteiger partial charge in [-0.1, -0.05) is 30.3 Å². The Labute approximate surface area is 256 Å². The first-order valence-electron chi connectivity index (χ1n) is 14.1. The van der Waals surface area contributed by atoms with Gasteiger partial charge < -0.3 is 18.8 Å². The molecule has 44 heavy (non-hydrogen) atoms. The molecule has 2 heterocycles. The van der Waals surface area contributed by atoms with Crippen molar-refractivity contribution in [2.75, 3.05) is 32.8 Å². The van der Waals surface area contributed by atoms with Crippen LogP contribution in [0.15, 0.2) is 77.7 Å². The standard InChI is InChI=1S/C32H33F2N3O6S/c1-36-20-27(31(18-32(36)38)42-21-24-4-2-23(3-5-24)19-37-12-14-41-15-13-37)26-16-22(10-11-35-44(39)40)6-8-29(26)43-30-9-7-25(33)17-28(30)34/h2-9,16-18,20,35H,10-15,19,21H2,1H3,(H,39,40). The highest BCUT2D eigenvalue weighted by atomic mass is 32.2. The molecule has 9 nitrogen and oxygen atoms in total. The van der Waals surface area contributed by atoms with E-state index in [-0.39, 0.29) is 30.2 Å². The molecule has 12 heteroatoms. The van der Waals surface area contributed by atoms with Gasteiger partial charge in [-0.05, 0) is 47.4 Å². The molecule has 4 aromatic rings. The van der Waals surface area contributed by atoms with Crippen LogP contribution >= 0.6 is 0 Å². The molecule has 0 bridgehead atoms. The number of ether oxygens (including phenoxy) is 3. The third-order valence-electron chi connectivity index (χ3n) is 7.20. The first-order valence-corrected chi connectivity index (χ1v) is 15.2. The van der Waals surface area contributed by atoms with Crippen LogP contribution in [0.3, 0.4) is 0 Å².